The molecule has 0 spiro atoms. The number of hydrogen-bond donors (Lipinski definition) is 1. The maximum absolute atomic E-state index is 11.9. The highest BCUT2D eigenvalue weighted by molar-refractivity contribution is 9.10. The van der Waals surface area contributed by atoms with E-state index in [1.807, 2.05) is 6.07 Å². The van der Waals surface area contributed by atoms with Gasteiger partial charge < -0.3 is 19.2 Å². The minimum atomic E-state index is -0.315. The zero-order valence-corrected chi connectivity index (χ0v) is 12.5. The molecule has 1 aromatic heterocycles. The molecule has 1 N–H and O–H groups in total. The first-order chi connectivity index (χ1) is 9.69. The number of carbonyl (C=O) groups excluding carboxylic acids is 1. The molecule has 2 aromatic rings. The minimum absolute atomic E-state index is 0.238. The Hall–Kier alpha value is -1.79. The van der Waals surface area contributed by atoms with E-state index in [0.717, 1.165) is 0 Å². The molecule has 0 aliphatic carbocycles. The van der Waals surface area contributed by atoms with Gasteiger partial charge in [0.1, 0.15) is 12.4 Å². The Labute approximate surface area is 125 Å². The topological polar surface area (TPSA) is 60.7 Å². The lowest BCUT2D eigenvalue weighted by molar-refractivity contribution is 0.0995. The van der Waals surface area contributed by atoms with Gasteiger partial charge in [0.25, 0.3) is 5.91 Å². The van der Waals surface area contributed by atoms with Crippen molar-refractivity contribution in [2.45, 2.75) is 0 Å². The van der Waals surface area contributed by atoms with Crippen LogP contribution in [-0.4, -0.2) is 26.2 Å². The van der Waals surface area contributed by atoms with Crippen LogP contribution in [0.15, 0.2) is 45.5 Å². The Morgan fingerprint density at radius 1 is 1.30 bits per heavy atom. The van der Waals surface area contributed by atoms with Crippen LogP contribution in [0.1, 0.15) is 10.6 Å². The number of anilines is 1. The number of hydrogen-bond acceptors (Lipinski definition) is 4. The summed E-state index contributed by atoms with van der Waals surface area (Å²) < 4.78 is 16.1. The molecule has 0 fully saturated rings. The fourth-order valence-electron chi connectivity index (χ4n) is 1.54. The SMILES string of the molecule is COCCOc1cccc(NC(=O)c2ccc(Br)o2)c1. The standard InChI is InChI=1S/C14H14BrNO4/c1-18-7-8-19-11-4-2-3-10(9-11)16-14(17)12-5-6-13(15)20-12/h2-6,9H,7-8H2,1H3,(H,16,17). The molecule has 0 aliphatic rings. The highest BCUT2D eigenvalue weighted by Gasteiger charge is 2.10. The zero-order valence-electron chi connectivity index (χ0n) is 10.9. The molecule has 0 bridgehead atoms. The number of carbonyl (C=O) groups is 1. The van der Waals surface area contributed by atoms with Gasteiger partial charge in [0.15, 0.2) is 10.4 Å². The van der Waals surface area contributed by atoms with Crippen molar-refractivity contribution < 1.29 is 18.7 Å². The van der Waals surface area contributed by atoms with Gasteiger partial charge in [0, 0.05) is 18.9 Å². The van der Waals surface area contributed by atoms with Crippen molar-refractivity contribution in [1.29, 1.82) is 0 Å². The van der Waals surface area contributed by atoms with Crippen LogP contribution >= 0.6 is 15.9 Å². The molecule has 20 heavy (non-hydrogen) atoms. The van der Waals surface area contributed by atoms with Gasteiger partial charge in [-0.2, -0.15) is 0 Å². The van der Waals surface area contributed by atoms with Gasteiger partial charge in [0.2, 0.25) is 0 Å². The molecule has 0 radical (unpaired) electrons. The van der Waals surface area contributed by atoms with Crippen LogP contribution in [0.25, 0.3) is 0 Å². The molecule has 6 heteroatoms. The number of furan rings is 1. The smallest absolute Gasteiger partial charge is 0.291 e. The molecular weight excluding hydrogens is 326 g/mol. The third-order valence-electron chi connectivity index (χ3n) is 2.45. The molecular formula is C14H14BrNO4. The third kappa shape index (κ3) is 4.11. The van der Waals surface area contributed by atoms with Crippen molar-refractivity contribution in [3.63, 3.8) is 0 Å². The molecule has 106 valence electrons. The van der Waals surface area contributed by atoms with E-state index in [2.05, 4.69) is 21.2 Å². The van der Waals surface area contributed by atoms with E-state index in [9.17, 15) is 4.79 Å². The molecule has 1 aromatic carbocycles. The van der Waals surface area contributed by atoms with Crippen molar-refractivity contribution in [2.75, 3.05) is 25.6 Å². The first-order valence-electron chi connectivity index (χ1n) is 5.97. The second kappa shape index (κ2) is 7.12. The van der Waals surface area contributed by atoms with Gasteiger partial charge in [-0.3, -0.25) is 4.79 Å². The van der Waals surface area contributed by atoms with Crippen LogP contribution in [0.3, 0.4) is 0 Å². The summed E-state index contributed by atoms with van der Waals surface area (Å²) in [7, 11) is 1.61. The Kier molecular flexibility index (Phi) is 5.20. The molecule has 0 saturated heterocycles. The third-order valence-corrected chi connectivity index (χ3v) is 2.87. The van der Waals surface area contributed by atoms with E-state index in [4.69, 9.17) is 13.9 Å². The number of amides is 1. The van der Waals surface area contributed by atoms with Gasteiger partial charge >= 0.3 is 0 Å². The van der Waals surface area contributed by atoms with Gasteiger partial charge in [-0.1, -0.05) is 6.07 Å². The van der Waals surface area contributed by atoms with E-state index in [0.29, 0.717) is 29.3 Å². The lowest BCUT2D eigenvalue weighted by Crippen LogP contribution is -2.11. The fourth-order valence-corrected chi connectivity index (χ4v) is 1.84. The van der Waals surface area contributed by atoms with Crippen LogP contribution in [0.4, 0.5) is 5.69 Å². The monoisotopic (exact) mass is 339 g/mol. The lowest BCUT2D eigenvalue weighted by Gasteiger charge is -2.08. The summed E-state index contributed by atoms with van der Waals surface area (Å²) >= 11 is 3.15. The summed E-state index contributed by atoms with van der Waals surface area (Å²) in [6.45, 7) is 0.968. The van der Waals surface area contributed by atoms with Crippen molar-refractivity contribution in [3.8, 4) is 5.75 Å². The highest BCUT2D eigenvalue weighted by Crippen LogP contribution is 2.19. The number of benzene rings is 1. The van der Waals surface area contributed by atoms with Crippen LogP contribution in [0.2, 0.25) is 0 Å². The number of rotatable bonds is 6. The second-order valence-electron chi connectivity index (χ2n) is 3.93. The highest BCUT2D eigenvalue weighted by atomic mass is 79.9. The Bertz CT molecular complexity index is 582. The Morgan fingerprint density at radius 2 is 2.15 bits per heavy atom. The zero-order chi connectivity index (χ0) is 14.4. The second-order valence-corrected chi connectivity index (χ2v) is 4.71. The van der Waals surface area contributed by atoms with E-state index in [1.165, 1.54) is 0 Å². The number of halogens is 1. The Morgan fingerprint density at radius 3 is 2.85 bits per heavy atom. The van der Waals surface area contributed by atoms with Gasteiger partial charge in [-0.05, 0) is 40.2 Å². The van der Waals surface area contributed by atoms with Crippen LogP contribution in [-0.2, 0) is 4.74 Å². The maximum Gasteiger partial charge on any atom is 0.291 e. The summed E-state index contributed by atoms with van der Waals surface area (Å²) in [5, 5.41) is 2.74. The molecule has 1 heterocycles. The average Bonchev–Trinajstić information content (AvgIpc) is 2.86. The lowest BCUT2D eigenvalue weighted by atomic mass is 10.3. The van der Waals surface area contributed by atoms with E-state index < -0.39 is 0 Å². The van der Waals surface area contributed by atoms with E-state index in [1.54, 1.807) is 37.4 Å². The largest absolute Gasteiger partial charge is 0.491 e. The summed E-state index contributed by atoms with van der Waals surface area (Å²) in [6.07, 6.45) is 0. The number of methoxy groups -OCH3 is 1. The first-order valence-corrected chi connectivity index (χ1v) is 6.77. The molecule has 0 saturated carbocycles. The van der Waals surface area contributed by atoms with Crippen LogP contribution < -0.4 is 10.1 Å². The maximum atomic E-state index is 11.9. The van der Waals surface area contributed by atoms with Crippen LogP contribution in [0, 0.1) is 0 Å². The van der Waals surface area contributed by atoms with Gasteiger partial charge in [-0.25, -0.2) is 0 Å². The summed E-state index contributed by atoms with van der Waals surface area (Å²) in [6, 6.07) is 10.4. The molecule has 1 amide bonds. The molecule has 0 unspecified atom stereocenters. The predicted octanol–water partition coefficient (Wildman–Crippen LogP) is 3.32. The number of ether oxygens (including phenoxy) is 2. The minimum Gasteiger partial charge on any atom is -0.491 e. The quantitative estimate of drug-likeness (QED) is 0.820. The molecule has 5 nitrogen and oxygen atoms in total. The summed E-state index contributed by atoms with van der Waals surface area (Å²) in [5.74, 6) is 0.591. The summed E-state index contributed by atoms with van der Waals surface area (Å²) in [4.78, 5) is 11.9. The number of nitrogens with one attached hydrogen (secondary N) is 1. The molecule has 0 atom stereocenters. The van der Waals surface area contributed by atoms with Crippen molar-refractivity contribution in [3.05, 3.63) is 46.8 Å². The summed E-state index contributed by atoms with van der Waals surface area (Å²) in [5.41, 5.74) is 0.637. The first kappa shape index (κ1) is 14.6. The van der Waals surface area contributed by atoms with Crippen molar-refractivity contribution in [1.82, 2.24) is 0 Å². The van der Waals surface area contributed by atoms with Crippen molar-refractivity contribution in [2.24, 2.45) is 0 Å². The van der Waals surface area contributed by atoms with E-state index >= 15 is 0 Å². The van der Waals surface area contributed by atoms with E-state index in [-0.39, 0.29) is 11.7 Å². The molecule has 0 aliphatic heterocycles. The predicted molar refractivity (Wildman–Crippen MR) is 78.2 cm³/mol. The van der Waals surface area contributed by atoms with Gasteiger partial charge in [-0.15, -0.1) is 0 Å². The fraction of sp³-hybridized carbons (Fsp3) is 0.214. The van der Waals surface area contributed by atoms with Crippen LogP contribution in [0.5, 0.6) is 5.75 Å². The van der Waals surface area contributed by atoms with Gasteiger partial charge in [0.05, 0.1) is 6.61 Å². The molecule has 2 rings (SSSR count). The Balaban J connectivity index is 1.98. The van der Waals surface area contributed by atoms with Crippen molar-refractivity contribution >= 4 is 27.5 Å². The normalized spacial score (nSPS) is 10.3. The average molecular weight is 340 g/mol.